The average Bonchev–Trinajstić information content (AvgIpc) is 3.60. The molecule has 0 bridgehead atoms. The summed E-state index contributed by atoms with van der Waals surface area (Å²) in [4.78, 5) is 18.1. The van der Waals surface area contributed by atoms with Gasteiger partial charge in [0.05, 0.1) is 25.5 Å². The van der Waals surface area contributed by atoms with Crippen molar-refractivity contribution in [2.75, 3.05) is 49.2 Å². The van der Waals surface area contributed by atoms with E-state index in [9.17, 15) is 9.50 Å². The summed E-state index contributed by atoms with van der Waals surface area (Å²) < 4.78 is 22.4. The molecule has 0 saturated carbocycles. The maximum atomic E-state index is 13.3. The first-order valence-electron chi connectivity index (χ1n) is 13.2. The molecule has 2 fully saturated rings. The quantitative estimate of drug-likeness (QED) is 0.347. The fraction of sp³-hybridized carbons (Fsp3) is 0.321. The van der Waals surface area contributed by atoms with Gasteiger partial charge < -0.3 is 19.6 Å². The number of rotatable bonds is 6. The molecule has 0 amide bonds. The van der Waals surface area contributed by atoms with Gasteiger partial charge in [-0.05, 0) is 30.7 Å². The zero-order valence-corrected chi connectivity index (χ0v) is 21.9. The van der Waals surface area contributed by atoms with E-state index in [4.69, 9.17) is 4.74 Å². The molecule has 2 aliphatic rings. The fourth-order valence-electron chi connectivity index (χ4n) is 5.18. The third-order valence-corrected chi connectivity index (χ3v) is 7.78. The summed E-state index contributed by atoms with van der Waals surface area (Å²) in [5.74, 6) is 1.13. The van der Waals surface area contributed by atoms with Gasteiger partial charge in [0.15, 0.2) is 5.82 Å². The van der Waals surface area contributed by atoms with Crippen molar-refractivity contribution in [1.29, 1.82) is 0 Å². The topological polar surface area (TPSA) is 110 Å². The molecule has 1 aromatic carbocycles. The molecule has 0 spiro atoms. The van der Waals surface area contributed by atoms with E-state index in [-0.39, 0.29) is 5.82 Å². The number of anilines is 2. The molecule has 7 rings (SSSR count). The Morgan fingerprint density at radius 1 is 0.875 bits per heavy atom. The second-order valence-corrected chi connectivity index (χ2v) is 10.4. The Hall–Kier alpha value is -4.42. The molecule has 6 heterocycles. The standard InChI is InChI=1S/C28H28FN9O2/c1-28(39,21-2-4-23(29)5-3-21)22-12-30-27(31-13-22)36-8-6-35(7-9-36)26-25-10-19(14-38(25)34-18-32-26)20-11-33-37(15-20)24-16-40-17-24/h2-5,10-15,18,24,39H,6-9,16-17H2,1H3. The predicted molar refractivity (Wildman–Crippen MR) is 146 cm³/mol. The first kappa shape index (κ1) is 24.6. The molecule has 11 nitrogen and oxygen atoms in total. The minimum atomic E-state index is -1.33. The molecule has 5 aromatic rings. The van der Waals surface area contributed by atoms with Gasteiger partial charge in [-0.25, -0.2) is 23.9 Å². The summed E-state index contributed by atoms with van der Waals surface area (Å²) in [7, 11) is 0. The number of hydrogen-bond acceptors (Lipinski definition) is 9. The Balaban J connectivity index is 1.05. The SMILES string of the molecule is CC(O)(c1ccc(F)cc1)c1cnc(N2CCN(c3ncnn4cc(-c5cnn(C6COC6)c5)cc34)CC2)nc1. The van der Waals surface area contributed by atoms with Crippen LogP contribution in [0.3, 0.4) is 0 Å². The third kappa shape index (κ3) is 4.34. The van der Waals surface area contributed by atoms with Crippen LogP contribution in [0, 0.1) is 5.82 Å². The molecule has 204 valence electrons. The van der Waals surface area contributed by atoms with Crippen LogP contribution >= 0.6 is 0 Å². The minimum absolute atomic E-state index is 0.306. The van der Waals surface area contributed by atoms with Crippen molar-refractivity contribution >= 4 is 17.3 Å². The first-order valence-corrected chi connectivity index (χ1v) is 13.2. The summed E-state index contributed by atoms with van der Waals surface area (Å²) in [5.41, 5.74) is 2.80. The highest BCUT2D eigenvalue weighted by molar-refractivity contribution is 5.77. The number of hydrogen-bond donors (Lipinski definition) is 1. The number of piperazine rings is 1. The molecule has 2 saturated heterocycles. The van der Waals surface area contributed by atoms with E-state index in [0.29, 0.717) is 49.4 Å². The van der Waals surface area contributed by atoms with Crippen LogP contribution in [-0.2, 0) is 10.3 Å². The Bertz CT molecular complexity index is 1640. The third-order valence-electron chi connectivity index (χ3n) is 7.78. The summed E-state index contributed by atoms with van der Waals surface area (Å²) in [6.45, 7) is 5.97. The highest BCUT2D eigenvalue weighted by Crippen LogP contribution is 2.30. The maximum absolute atomic E-state index is 13.3. The second kappa shape index (κ2) is 9.65. The molecule has 0 aliphatic carbocycles. The lowest BCUT2D eigenvalue weighted by Gasteiger charge is -2.35. The zero-order chi connectivity index (χ0) is 27.3. The summed E-state index contributed by atoms with van der Waals surface area (Å²) >= 11 is 0. The van der Waals surface area contributed by atoms with E-state index >= 15 is 0 Å². The van der Waals surface area contributed by atoms with Crippen molar-refractivity contribution in [1.82, 2.24) is 34.3 Å². The number of halogens is 1. The summed E-state index contributed by atoms with van der Waals surface area (Å²) in [6.07, 6.45) is 10.8. The fourth-order valence-corrected chi connectivity index (χ4v) is 5.18. The van der Waals surface area contributed by atoms with Gasteiger partial charge in [0.25, 0.3) is 0 Å². The van der Waals surface area contributed by atoms with Crippen LogP contribution in [0.5, 0.6) is 0 Å². The van der Waals surface area contributed by atoms with Crippen LogP contribution in [0.1, 0.15) is 24.1 Å². The van der Waals surface area contributed by atoms with Crippen LogP contribution in [-0.4, -0.2) is 78.8 Å². The van der Waals surface area contributed by atoms with E-state index in [1.807, 2.05) is 21.6 Å². The van der Waals surface area contributed by atoms with Gasteiger partial charge in [-0.2, -0.15) is 10.2 Å². The lowest BCUT2D eigenvalue weighted by molar-refractivity contribution is -0.0286. The lowest BCUT2D eigenvalue weighted by atomic mass is 9.90. The Kier molecular flexibility index (Phi) is 5.93. The monoisotopic (exact) mass is 541 g/mol. The van der Waals surface area contributed by atoms with E-state index < -0.39 is 5.60 Å². The van der Waals surface area contributed by atoms with Gasteiger partial charge in [-0.15, -0.1) is 0 Å². The van der Waals surface area contributed by atoms with Gasteiger partial charge >= 0.3 is 0 Å². The average molecular weight is 542 g/mol. The Morgan fingerprint density at radius 2 is 1.60 bits per heavy atom. The molecular weight excluding hydrogens is 513 g/mol. The molecule has 0 radical (unpaired) electrons. The highest BCUT2D eigenvalue weighted by Gasteiger charge is 2.28. The van der Waals surface area contributed by atoms with Crippen molar-refractivity contribution in [2.24, 2.45) is 0 Å². The number of benzene rings is 1. The molecular formula is C28H28FN9O2. The molecule has 2 aliphatic heterocycles. The number of nitrogens with zero attached hydrogens (tertiary/aromatic N) is 9. The van der Waals surface area contributed by atoms with E-state index in [1.165, 1.54) is 12.1 Å². The lowest BCUT2D eigenvalue weighted by Crippen LogP contribution is -2.47. The normalized spacial score (nSPS) is 17.7. The molecule has 1 unspecified atom stereocenters. The van der Waals surface area contributed by atoms with Crippen LogP contribution in [0.2, 0.25) is 0 Å². The van der Waals surface area contributed by atoms with E-state index in [2.05, 4.69) is 47.2 Å². The number of ether oxygens (including phenoxy) is 1. The van der Waals surface area contributed by atoms with Gasteiger partial charge in [-0.3, -0.25) is 4.68 Å². The molecule has 40 heavy (non-hydrogen) atoms. The van der Waals surface area contributed by atoms with E-state index in [1.54, 1.807) is 37.8 Å². The van der Waals surface area contributed by atoms with Crippen molar-refractivity contribution in [2.45, 2.75) is 18.6 Å². The van der Waals surface area contributed by atoms with Crippen LogP contribution in [0.25, 0.3) is 16.6 Å². The predicted octanol–water partition coefficient (Wildman–Crippen LogP) is 2.68. The summed E-state index contributed by atoms with van der Waals surface area (Å²) in [6, 6.07) is 8.21. The van der Waals surface area contributed by atoms with Gasteiger partial charge in [0.2, 0.25) is 5.95 Å². The molecule has 12 heteroatoms. The van der Waals surface area contributed by atoms with Gasteiger partial charge in [0, 0.05) is 67.7 Å². The van der Waals surface area contributed by atoms with Crippen molar-refractivity contribution < 1.29 is 14.2 Å². The first-order chi connectivity index (χ1) is 19.5. The molecule has 1 N–H and O–H groups in total. The van der Waals surface area contributed by atoms with Crippen LogP contribution in [0.4, 0.5) is 16.2 Å². The van der Waals surface area contributed by atoms with Crippen molar-refractivity contribution in [3.63, 3.8) is 0 Å². The second-order valence-electron chi connectivity index (χ2n) is 10.4. The maximum Gasteiger partial charge on any atom is 0.225 e. The van der Waals surface area contributed by atoms with Crippen molar-refractivity contribution in [3.8, 4) is 11.1 Å². The largest absolute Gasteiger partial charge is 0.381 e. The number of fused-ring (bicyclic) bond motifs is 1. The Labute approximate surface area is 229 Å². The van der Waals surface area contributed by atoms with Gasteiger partial charge in [-0.1, -0.05) is 12.1 Å². The Morgan fingerprint density at radius 3 is 2.30 bits per heavy atom. The van der Waals surface area contributed by atoms with Gasteiger partial charge in [0.1, 0.15) is 23.3 Å². The molecule has 4 aromatic heterocycles. The molecule has 1 atom stereocenters. The van der Waals surface area contributed by atoms with Crippen molar-refractivity contribution in [3.05, 3.63) is 84.6 Å². The van der Waals surface area contributed by atoms with E-state index in [0.717, 1.165) is 35.6 Å². The summed E-state index contributed by atoms with van der Waals surface area (Å²) in [5, 5.41) is 20.0. The number of aliphatic hydroxyl groups is 1. The zero-order valence-electron chi connectivity index (χ0n) is 21.9. The van der Waals surface area contributed by atoms with Crippen LogP contribution < -0.4 is 9.80 Å². The number of aromatic nitrogens is 7. The smallest absolute Gasteiger partial charge is 0.225 e. The van der Waals surface area contributed by atoms with Crippen LogP contribution in [0.15, 0.2) is 67.6 Å². The highest BCUT2D eigenvalue weighted by atomic mass is 19.1. The minimum Gasteiger partial charge on any atom is -0.381 e.